The van der Waals surface area contributed by atoms with Gasteiger partial charge < -0.3 is 14.7 Å². The van der Waals surface area contributed by atoms with Crippen molar-refractivity contribution in [3.05, 3.63) is 22.6 Å². The van der Waals surface area contributed by atoms with Crippen LogP contribution in [-0.2, 0) is 11.3 Å². The SMILES string of the molecule is CC1(C)CN(c2cnn(CCCCCO)c(=O)c2)CCO1. The summed E-state index contributed by atoms with van der Waals surface area (Å²) < 4.78 is 7.17. The number of rotatable bonds is 6. The fraction of sp³-hybridized carbons (Fsp3) is 0.733. The van der Waals surface area contributed by atoms with E-state index >= 15 is 0 Å². The van der Waals surface area contributed by atoms with Crippen LogP contribution in [0.25, 0.3) is 0 Å². The zero-order valence-electron chi connectivity index (χ0n) is 12.9. The van der Waals surface area contributed by atoms with Crippen molar-refractivity contribution in [3.8, 4) is 0 Å². The van der Waals surface area contributed by atoms with E-state index in [4.69, 9.17) is 9.84 Å². The molecule has 1 N–H and O–H groups in total. The molecule has 1 aliphatic heterocycles. The lowest BCUT2D eigenvalue weighted by atomic mass is 10.1. The summed E-state index contributed by atoms with van der Waals surface area (Å²) >= 11 is 0. The van der Waals surface area contributed by atoms with Crippen LogP contribution in [-0.4, -0.2) is 46.8 Å². The van der Waals surface area contributed by atoms with Crippen LogP contribution in [0.15, 0.2) is 17.1 Å². The molecule has 0 amide bonds. The Balaban J connectivity index is 2.00. The highest BCUT2D eigenvalue weighted by atomic mass is 16.5. The minimum Gasteiger partial charge on any atom is -0.396 e. The molecule has 0 saturated carbocycles. The van der Waals surface area contributed by atoms with Crippen molar-refractivity contribution in [2.75, 3.05) is 31.2 Å². The van der Waals surface area contributed by atoms with Crippen molar-refractivity contribution in [3.63, 3.8) is 0 Å². The van der Waals surface area contributed by atoms with E-state index in [1.165, 1.54) is 4.68 Å². The third-order valence-electron chi connectivity index (χ3n) is 3.67. The number of ether oxygens (including phenoxy) is 1. The highest BCUT2D eigenvalue weighted by molar-refractivity contribution is 5.43. The second-order valence-electron chi connectivity index (χ2n) is 6.09. The van der Waals surface area contributed by atoms with Crippen LogP contribution in [0.4, 0.5) is 5.69 Å². The smallest absolute Gasteiger partial charge is 0.268 e. The molecule has 1 aliphatic rings. The summed E-state index contributed by atoms with van der Waals surface area (Å²) in [6.07, 6.45) is 4.30. The van der Waals surface area contributed by atoms with Crippen molar-refractivity contribution in [1.82, 2.24) is 9.78 Å². The number of aliphatic hydroxyl groups excluding tert-OH is 1. The summed E-state index contributed by atoms with van der Waals surface area (Å²) in [7, 11) is 0. The van der Waals surface area contributed by atoms with E-state index in [1.54, 1.807) is 12.3 Å². The van der Waals surface area contributed by atoms with Gasteiger partial charge >= 0.3 is 0 Å². The van der Waals surface area contributed by atoms with Crippen molar-refractivity contribution in [1.29, 1.82) is 0 Å². The average molecular weight is 295 g/mol. The number of aromatic nitrogens is 2. The molecule has 6 nitrogen and oxygen atoms in total. The lowest BCUT2D eigenvalue weighted by Crippen LogP contribution is -2.48. The fourth-order valence-electron chi connectivity index (χ4n) is 2.55. The second kappa shape index (κ2) is 7.04. The number of aliphatic hydroxyl groups is 1. The summed E-state index contributed by atoms with van der Waals surface area (Å²) in [6, 6.07) is 1.65. The second-order valence-corrected chi connectivity index (χ2v) is 6.09. The maximum Gasteiger partial charge on any atom is 0.268 e. The molecule has 2 rings (SSSR count). The van der Waals surface area contributed by atoms with Crippen LogP contribution in [0.2, 0.25) is 0 Å². The quantitative estimate of drug-likeness (QED) is 0.794. The zero-order valence-corrected chi connectivity index (χ0v) is 12.9. The van der Waals surface area contributed by atoms with Crippen molar-refractivity contribution >= 4 is 5.69 Å². The Hall–Kier alpha value is -1.40. The molecule has 6 heteroatoms. The van der Waals surface area contributed by atoms with E-state index in [1.807, 2.05) is 0 Å². The molecule has 1 fully saturated rings. The zero-order chi connectivity index (χ0) is 15.3. The lowest BCUT2D eigenvalue weighted by molar-refractivity contribution is -0.0277. The minimum absolute atomic E-state index is 0.0687. The monoisotopic (exact) mass is 295 g/mol. The van der Waals surface area contributed by atoms with Crippen LogP contribution >= 0.6 is 0 Å². The Morgan fingerprint density at radius 3 is 2.86 bits per heavy atom. The maximum absolute atomic E-state index is 12.1. The Kier molecular flexibility index (Phi) is 5.36. The molecule has 0 atom stereocenters. The molecule has 1 aromatic heterocycles. The molecule has 0 aromatic carbocycles. The van der Waals surface area contributed by atoms with Gasteiger partial charge in [0, 0.05) is 32.3 Å². The number of nitrogens with zero attached hydrogens (tertiary/aromatic N) is 3. The minimum atomic E-state index is -0.197. The average Bonchev–Trinajstić information content (AvgIpc) is 2.44. The molecule has 1 aromatic rings. The molecule has 0 radical (unpaired) electrons. The number of aryl methyl sites for hydroxylation is 1. The third kappa shape index (κ3) is 4.54. The molecule has 21 heavy (non-hydrogen) atoms. The topological polar surface area (TPSA) is 67.6 Å². The predicted molar refractivity (Wildman–Crippen MR) is 81.7 cm³/mol. The van der Waals surface area contributed by atoms with Crippen LogP contribution in [0.3, 0.4) is 0 Å². The van der Waals surface area contributed by atoms with E-state index in [0.29, 0.717) is 13.2 Å². The maximum atomic E-state index is 12.1. The van der Waals surface area contributed by atoms with Gasteiger partial charge in [0.2, 0.25) is 0 Å². The molecule has 2 heterocycles. The van der Waals surface area contributed by atoms with E-state index in [0.717, 1.165) is 38.0 Å². The van der Waals surface area contributed by atoms with Gasteiger partial charge in [-0.3, -0.25) is 4.79 Å². The van der Waals surface area contributed by atoms with Gasteiger partial charge in [-0.15, -0.1) is 0 Å². The first-order valence-corrected chi connectivity index (χ1v) is 7.59. The first-order valence-electron chi connectivity index (χ1n) is 7.59. The molecule has 118 valence electrons. The van der Waals surface area contributed by atoms with Gasteiger partial charge in [-0.1, -0.05) is 0 Å². The van der Waals surface area contributed by atoms with E-state index in [2.05, 4.69) is 23.8 Å². The Morgan fingerprint density at radius 1 is 1.38 bits per heavy atom. The molecule has 0 unspecified atom stereocenters. The summed E-state index contributed by atoms with van der Waals surface area (Å²) in [4.78, 5) is 14.2. The van der Waals surface area contributed by atoms with E-state index in [-0.39, 0.29) is 17.8 Å². The summed E-state index contributed by atoms with van der Waals surface area (Å²) in [5.74, 6) is 0. The Morgan fingerprint density at radius 2 is 2.19 bits per heavy atom. The van der Waals surface area contributed by atoms with Crippen LogP contribution in [0.5, 0.6) is 0 Å². The first-order chi connectivity index (χ1) is 10.0. The number of hydrogen-bond acceptors (Lipinski definition) is 5. The summed E-state index contributed by atoms with van der Waals surface area (Å²) in [5.41, 5.74) is 0.598. The van der Waals surface area contributed by atoms with Gasteiger partial charge in [-0.25, -0.2) is 4.68 Å². The largest absolute Gasteiger partial charge is 0.396 e. The van der Waals surface area contributed by atoms with Crippen LogP contribution < -0.4 is 10.5 Å². The Labute approximate surface area is 125 Å². The first kappa shape index (κ1) is 16.0. The fourth-order valence-corrected chi connectivity index (χ4v) is 2.55. The summed E-state index contributed by atoms with van der Waals surface area (Å²) in [5, 5.41) is 13.0. The van der Waals surface area contributed by atoms with Gasteiger partial charge in [0.1, 0.15) is 0 Å². The predicted octanol–water partition coefficient (Wildman–Crippen LogP) is 1.02. The molecular formula is C15H25N3O3. The van der Waals surface area contributed by atoms with Gasteiger partial charge in [-0.05, 0) is 33.1 Å². The lowest BCUT2D eigenvalue weighted by Gasteiger charge is -2.39. The highest BCUT2D eigenvalue weighted by Gasteiger charge is 2.27. The van der Waals surface area contributed by atoms with Gasteiger partial charge in [-0.2, -0.15) is 5.10 Å². The van der Waals surface area contributed by atoms with Crippen LogP contribution in [0, 0.1) is 0 Å². The van der Waals surface area contributed by atoms with E-state index < -0.39 is 0 Å². The number of morpholine rings is 1. The summed E-state index contributed by atoms with van der Waals surface area (Å²) in [6.45, 7) is 7.11. The van der Waals surface area contributed by atoms with Crippen LogP contribution in [0.1, 0.15) is 33.1 Å². The molecule has 0 aliphatic carbocycles. The number of hydrogen-bond donors (Lipinski definition) is 1. The third-order valence-corrected chi connectivity index (χ3v) is 3.67. The normalized spacial score (nSPS) is 18.0. The van der Waals surface area contributed by atoms with Crippen molar-refractivity contribution in [2.24, 2.45) is 0 Å². The van der Waals surface area contributed by atoms with E-state index in [9.17, 15) is 4.79 Å². The standard InChI is InChI=1S/C15H25N3O3/c1-15(2)12-17(7-9-21-15)13-10-14(20)18(16-11-13)6-4-3-5-8-19/h10-11,19H,3-9,12H2,1-2H3. The van der Waals surface area contributed by atoms with Gasteiger partial charge in [0.15, 0.2) is 0 Å². The van der Waals surface area contributed by atoms with Crippen molar-refractivity contribution in [2.45, 2.75) is 45.3 Å². The Bertz CT molecular complexity index is 513. The molecule has 1 saturated heterocycles. The number of anilines is 1. The van der Waals surface area contributed by atoms with Gasteiger partial charge in [0.25, 0.3) is 5.56 Å². The highest BCUT2D eigenvalue weighted by Crippen LogP contribution is 2.21. The molecule has 0 bridgehead atoms. The molecule has 0 spiro atoms. The van der Waals surface area contributed by atoms with Gasteiger partial charge in [0.05, 0.1) is 24.1 Å². The van der Waals surface area contributed by atoms with Crippen molar-refractivity contribution < 1.29 is 9.84 Å². The number of unbranched alkanes of at least 4 members (excludes halogenated alkanes) is 2. The molecular weight excluding hydrogens is 270 g/mol.